The maximum Gasteiger partial charge on any atom is 0.319 e. The number of carbonyl (C=O) groups excluding carboxylic acids is 2. The van der Waals surface area contributed by atoms with Crippen LogP contribution in [0.15, 0.2) is 48.5 Å². The molecule has 0 atom stereocenters. The van der Waals surface area contributed by atoms with Crippen molar-refractivity contribution in [3.8, 4) is 0 Å². The number of hydrogen-bond acceptors (Lipinski definition) is 2. The van der Waals surface area contributed by atoms with Gasteiger partial charge in [-0.1, -0.05) is 29.8 Å². The van der Waals surface area contributed by atoms with Crippen molar-refractivity contribution in [3.63, 3.8) is 0 Å². The first-order chi connectivity index (χ1) is 11.1. The van der Waals surface area contributed by atoms with Crippen molar-refractivity contribution in [1.82, 2.24) is 5.32 Å². The van der Waals surface area contributed by atoms with E-state index in [0.29, 0.717) is 16.4 Å². The highest BCUT2D eigenvalue weighted by Gasteiger charge is 2.07. The Morgan fingerprint density at radius 1 is 0.957 bits per heavy atom. The number of benzene rings is 2. The average molecular weight is 352 g/mol. The Bertz CT molecular complexity index is 690. The highest BCUT2D eigenvalue weighted by molar-refractivity contribution is 6.30. The molecule has 0 heterocycles. The number of rotatable bonds is 5. The zero-order chi connectivity index (χ0) is 16.7. The van der Waals surface area contributed by atoms with Gasteiger partial charge in [0.15, 0.2) is 0 Å². The lowest BCUT2D eigenvalue weighted by molar-refractivity contribution is -0.113. The van der Waals surface area contributed by atoms with Crippen LogP contribution in [0.3, 0.4) is 0 Å². The van der Waals surface area contributed by atoms with E-state index in [9.17, 15) is 9.59 Å². The molecule has 0 saturated carbocycles. The van der Waals surface area contributed by atoms with Gasteiger partial charge in [0.05, 0.1) is 0 Å². The molecule has 0 fully saturated rings. The molecule has 0 aliphatic rings. The monoisotopic (exact) mass is 351 g/mol. The van der Waals surface area contributed by atoms with Gasteiger partial charge in [-0.05, 0) is 35.9 Å². The molecule has 2 rings (SSSR count). The quantitative estimate of drug-likeness (QED) is 0.716. The van der Waals surface area contributed by atoms with E-state index in [2.05, 4.69) is 16.0 Å². The Hall–Kier alpha value is -2.24. The molecule has 0 aliphatic carbocycles. The standard InChI is InChI=1S/C16H15Cl2N3O2/c17-9-15(22)21-14-4-2-1-3-11(14)10-19-16(23)20-13-7-5-12(18)6-8-13/h1-8H,9-10H2,(H,21,22)(H2,19,20,23). The second kappa shape index (κ2) is 8.41. The molecule has 0 unspecified atom stereocenters. The lowest BCUT2D eigenvalue weighted by Gasteiger charge is -2.12. The molecule has 2 aromatic carbocycles. The van der Waals surface area contributed by atoms with E-state index >= 15 is 0 Å². The van der Waals surface area contributed by atoms with Crippen molar-refractivity contribution in [2.24, 2.45) is 0 Å². The predicted molar refractivity (Wildman–Crippen MR) is 93.1 cm³/mol. The van der Waals surface area contributed by atoms with Crippen molar-refractivity contribution in [3.05, 3.63) is 59.1 Å². The van der Waals surface area contributed by atoms with E-state index in [4.69, 9.17) is 23.2 Å². The maximum absolute atomic E-state index is 11.9. The lowest BCUT2D eigenvalue weighted by Crippen LogP contribution is -2.28. The zero-order valence-corrected chi connectivity index (χ0v) is 13.6. The van der Waals surface area contributed by atoms with Crippen LogP contribution in [0.2, 0.25) is 5.02 Å². The second-order valence-corrected chi connectivity index (χ2v) is 5.36. The summed E-state index contributed by atoms with van der Waals surface area (Å²) in [5, 5.41) is 8.70. The van der Waals surface area contributed by atoms with Crippen molar-refractivity contribution in [2.75, 3.05) is 16.5 Å². The summed E-state index contributed by atoms with van der Waals surface area (Å²) in [5.74, 6) is -0.427. The van der Waals surface area contributed by atoms with Crippen LogP contribution in [0.1, 0.15) is 5.56 Å². The summed E-state index contributed by atoms with van der Waals surface area (Å²) in [6.45, 7) is 0.262. The first-order valence-corrected chi connectivity index (χ1v) is 7.74. The smallest absolute Gasteiger partial charge is 0.319 e. The summed E-state index contributed by atoms with van der Waals surface area (Å²) >= 11 is 11.3. The van der Waals surface area contributed by atoms with E-state index in [1.807, 2.05) is 12.1 Å². The zero-order valence-electron chi connectivity index (χ0n) is 12.1. The van der Waals surface area contributed by atoms with E-state index < -0.39 is 0 Å². The summed E-state index contributed by atoms with van der Waals surface area (Å²) in [5.41, 5.74) is 2.03. The van der Waals surface area contributed by atoms with Crippen LogP contribution in [0.25, 0.3) is 0 Å². The molecular weight excluding hydrogens is 337 g/mol. The second-order valence-electron chi connectivity index (χ2n) is 4.65. The number of amides is 3. The Balaban J connectivity index is 1.93. The van der Waals surface area contributed by atoms with Crippen LogP contribution in [0, 0.1) is 0 Å². The number of anilines is 2. The third kappa shape index (κ3) is 5.47. The first-order valence-electron chi connectivity index (χ1n) is 6.82. The lowest BCUT2D eigenvalue weighted by atomic mass is 10.1. The largest absolute Gasteiger partial charge is 0.334 e. The van der Waals surface area contributed by atoms with Gasteiger partial charge in [-0.2, -0.15) is 0 Å². The molecule has 5 nitrogen and oxygen atoms in total. The maximum atomic E-state index is 11.9. The summed E-state index contributed by atoms with van der Waals surface area (Å²) < 4.78 is 0. The summed E-state index contributed by atoms with van der Waals surface area (Å²) in [7, 11) is 0. The average Bonchev–Trinajstić information content (AvgIpc) is 2.56. The number of nitrogens with one attached hydrogen (secondary N) is 3. The Kier molecular flexibility index (Phi) is 6.26. The van der Waals surface area contributed by atoms with Gasteiger partial charge in [-0.25, -0.2) is 4.79 Å². The van der Waals surface area contributed by atoms with Gasteiger partial charge in [-0.15, -0.1) is 11.6 Å². The fourth-order valence-corrected chi connectivity index (χ4v) is 2.06. The molecule has 2 aromatic rings. The van der Waals surface area contributed by atoms with Gasteiger partial charge in [0.25, 0.3) is 0 Å². The normalized spacial score (nSPS) is 10.0. The van der Waals surface area contributed by atoms with Gasteiger partial charge in [0.1, 0.15) is 5.88 Å². The van der Waals surface area contributed by atoms with Crippen LogP contribution in [0.4, 0.5) is 16.2 Å². The topological polar surface area (TPSA) is 70.2 Å². The predicted octanol–water partition coefficient (Wildman–Crippen LogP) is 3.84. The fraction of sp³-hybridized carbons (Fsp3) is 0.125. The molecule has 0 spiro atoms. The molecule has 0 radical (unpaired) electrons. The number of hydrogen-bond donors (Lipinski definition) is 3. The SMILES string of the molecule is O=C(CCl)Nc1ccccc1CNC(=O)Nc1ccc(Cl)cc1. The Morgan fingerprint density at radius 2 is 1.65 bits per heavy atom. The Labute approximate surface area is 144 Å². The molecule has 7 heteroatoms. The van der Waals surface area contributed by atoms with Gasteiger partial charge in [0.2, 0.25) is 5.91 Å². The van der Waals surface area contributed by atoms with Crippen LogP contribution < -0.4 is 16.0 Å². The number of urea groups is 1. The number of carbonyl (C=O) groups is 2. The van der Waals surface area contributed by atoms with Crippen LogP contribution in [-0.2, 0) is 11.3 Å². The molecule has 3 amide bonds. The highest BCUT2D eigenvalue weighted by Crippen LogP contribution is 2.16. The molecule has 120 valence electrons. The number of alkyl halides is 1. The third-order valence-electron chi connectivity index (χ3n) is 2.95. The van der Waals surface area contributed by atoms with Crippen molar-refractivity contribution in [2.45, 2.75) is 6.54 Å². The van der Waals surface area contributed by atoms with Gasteiger partial charge in [-0.3, -0.25) is 4.79 Å². The molecule has 23 heavy (non-hydrogen) atoms. The molecule has 3 N–H and O–H groups in total. The van der Waals surface area contributed by atoms with E-state index in [1.54, 1.807) is 36.4 Å². The minimum Gasteiger partial charge on any atom is -0.334 e. The van der Waals surface area contributed by atoms with Crippen molar-refractivity contribution < 1.29 is 9.59 Å². The summed E-state index contributed by atoms with van der Waals surface area (Å²) in [6.07, 6.45) is 0. The molecular formula is C16H15Cl2N3O2. The van der Waals surface area contributed by atoms with Crippen LogP contribution in [-0.4, -0.2) is 17.8 Å². The summed E-state index contributed by atoms with van der Waals surface area (Å²) in [6, 6.07) is 13.6. The number of para-hydroxylation sites is 1. The minimum absolute atomic E-state index is 0.126. The first kappa shape index (κ1) is 17.1. The van der Waals surface area contributed by atoms with Gasteiger partial charge in [0, 0.05) is 22.9 Å². The Morgan fingerprint density at radius 3 is 2.35 bits per heavy atom. The fourth-order valence-electron chi connectivity index (χ4n) is 1.86. The van der Waals surface area contributed by atoms with E-state index in [0.717, 1.165) is 5.56 Å². The van der Waals surface area contributed by atoms with Gasteiger partial charge >= 0.3 is 6.03 Å². The summed E-state index contributed by atoms with van der Waals surface area (Å²) in [4.78, 5) is 23.3. The van der Waals surface area contributed by atoms with E-state index in [1.165, 1.54) is 0 Å². The minimum atomic E-state index is -0.356. The van der Waals surface area contributed by atoms with Gasteiger partial charge < -0.3 is 16.0 Å². The van der Waals surface area contributed by atoms with E-state index in [-0.39, 0.29) is 24.4 Å². The van der Waals surface area contributed by atoms with Crippen LogP contribution in [0.5, 0.6) is 0 Å². The highest BCUT2D eigenvalue weighted by atomic mass is 35.5. The molecule has 0 aliphatic heterocycles. The molecule has 0 aromatic heterocycles. The number of halogens is 2. The van der Waals surface area contributed by atoms with Crippen LogP contribution >= 0.6 is 23.2 Å². The van der Waals surface area contributed by atoms with Crippen molar-refractivity contribution in [1.29, 1.82) is 0 Å². The van der Waals surface area contributed by atoms with Crippen molar-refractivity contribution >= 4 is 46.5 Å². The molecule has 0 bridgehead atoms. The molecule has 0 saturated heterocycles. The third-order valence-corrected chi connectivity index (χ3v) is 3.45.